The van der Waals surface area contributed by atoms with Crippen molar-refractivity contribution in [3.8, 4) is 0 Å². The van der Waals surface area contributed by atoms with Gasteiger partial charge in [0.15, 0.2) is 0 Å². The summed E-state index contributed by atoms with van der Waals surface area (Å²) in [6, 6.07) is 0. The maximum absolute atomic E-state index is 8.74. The fourth-order valence-electron chi connectivity index (χ4n) is 0. The van der Waals surface area contributed by atoms with Gasteiger partial charge in [0.1, 0.15) is 0 Å². The van der Waals surface area contributed by atoms with Crippen LogP contribution in [0.4, 0.5) is 0 Å². The Kier molecular flexibility index (Phi) is 22.4. The average molecular weight is 222 g/mol. The third-order valence-corrected chi connectivity index (χ3v) is 0. The van der Waals surface area contributed by atoms with Gasteiger partial charge in [-0.05, 0) is 0 Å². The summed E-state index contributed by atoms with van der Waals surface area (Å²) in [4.78, 5) is 0. The zero-order chi connectivity index (χ0) is 8.08. The van der Waals surface area contributed by atoms with Gasteiger partial charge in [0.2, 0.25) is 0 Å². The van der Waals surface area contributed by atoms with Crippen LogP contribution in [0.25, 0.3) is 0 Å². The van der Waals surface area contributed by atoms with Crippen LogP contribution in [0.3, 0.4) is 0 Å². The predicted molar refractivity (Wildman–Crippen MR) is 38.3 cm³/mol. The Hall–Kier alpha value is 0.900. The van der Waals surface area contributed by atoms with Crippen LogP contribution in [0, 0.1) is 0 Å². The van der Waals surface area contributed by atoms with Gasteiger partial charge in [0, 0.05) is 0 Å². The normalized spacial score (nSPS) is 8.45. The molecule has 0 aromatic carbocycles. The molecule has 11 heteroatoms. The zero-order valence-electron chi connectivity index (χ0n) is 4.33. The molecule has 0 aromatic rings. The molecule has 6 N–H and O–H groups in total. The quantitative estimate of drug-likeness (QED) is 0.201. The fraction of sp³-hybridized carbons (Fsp3) is 0. The monoisotopic (exact) mass is 222 g/mol. The molecule has 0 saturated heterocycles. The van der Waals surface area contributed by atoms with Gasteiger partial charge < -0.3 is 5.48 Å². The molecule has 0 heterocycles. The summed E-state index contributed by atoms with van der Waals surface area (Å²) in [5, 5.41) is 0. The van der Waals surface area contributed by atoms with Crippen molar-refractivity contribution in [2.75, 3.05) is 0 Å². The molecule has 0 saturated carbocycles. The third kappa shape index (κ3) is 1070. The van der Waals surface area contributed by atoms with E-state index in [1.54, 1.807) is 0 Å². The number of hydrogen-bond acceptors (Lipinski definition) is 3. The molecule has 8 nitrogen and oxygen atoms in total. The van der Waals surface area contributed by atoms with Gasteiger partial charge >= 0.3 is 40.0 Å². The van der Waals surface area contributed by atoms with E-state index in [9.17, 15) is 0 Å². The summed E-state index contributed by atoms with van der Waals surface area (Å²) >= 11 is -2.61. The van der Waals surface area contributed by atoms with Crippen LogP contribution in [-0.2, 0) is 21.8 Å². The molecule has 0 spiro atoms. The molecule has 0 aliphatic rings. The SMILES string of the molecule is O.O=S(=O)(O)O.O=S(O)O.[NaH]. The summed E-state index contributed by atoms with van der Waals surface area (Å²) < 4.78 is 54.4. The number of rotatable bonds is 0. The first-order valence-corrected chi connectivity index (χ1v) is 3.69. The van der Waals surface area contributed by atoms with Crippen molar-refractivity contribution >= 4 is 51.3 Å². The first-order chi connectivity index (χ1) is 3.73. The summed E-state index contributed by atoms with van der Waals surface area (Å²) in [6.45, 7) is 0. The summed E-state index contributed by atoms with van der Waals surface area (Å²) in [6.07, 6.45) is 0. The molecule has 0 bridgehead atoms. The average Bonchev–Trinajstić information content (AvgIpc) is 1.19. The van der Waals surface area contributed by atoms with E-state index in [2.05, 4.69) is 0 Å². The van der Waals surface area contributed by atoms with Crippen LogP contribution in [0.1, 0.15) is 0 Å². The second-order valence-corrected chi connectivity index (χ2v) is 2.04. The van der Waals surface area contributed by atoms with Crippen molar-refractivity contribution in [1.82, 2.24) is 0 Å². The first kappa shape index (κ1) is 22.7. The first-order valence-electron chi connectivity index (χ1n) is 1.23. The van der Waals surface area contributed by atoms with Crippen LogP contribution in [0.15, 0.2) is 0 Å². The minimum absolute atomic E-state index is 0. The molecular formula is H7NaO8S2. The minimum atomic E-state index is -4.67. The molecule has 0 amide bonds. The molecular weight excluding hydrogens is 215 g/mol. The van der Waals surface area contributed by atoms with Gasteiger partial charge in [-0.15, -0.1) is 0 Å². The molecule has 0 radical (unpaired) electrons. The second kappa shape index (κ2) is 10.9. The van der Waals surface area contributed by atoms with Crippen LogP contribution in [0.5, 0.6) is 0 Å². The Morgan fingerprint density at radius 3 is 1.09 bits per heavy atom. The van der Waals surface area contributed by atoms with Crippen LogP contribution >= 0.6 is 0 Å². The fourth-order valence-corrected chi connectivity index (χ4v) is 0. The topological polar surface area (TPSA) is 164 Å². The van der Waals surface area contributed by atoms with Crippen molar-refractivity contribution in [1.29, 1.82) is 0 Å². The Morgan fingerprint density at radius 2 is 1.09 bits per heavy atom. The van der Waals surface area contributed by atoms with Gasteiger partial charge in [0.05, 0.1) is 0 Å². The van der Waals surface area contributed by atoms with Gasteiger partial charge in [-0.25, -0.2) is 0 Å². The van der Waals surface area contributed by atoms with E-state index in [-0.39, 0.29) is 35.0 Å². The molecule has 0 atom stereocenters. The molecule has 0 aliphatic carbocycles. The van der Waals surface area contributed by atoms with Crippen molar-refractivity contribution in [3.63, 3.8) is 0 Å². The summed E-state index contributed by atoms with van der Waals surface area (Å²) in [7, 11) is -4.67. The Morgan fingerprint density at radius 1 is 1.09 bits per heavy atom. The molecule has 68 valence electrons. The van der Waals surface area contributed by atoms with E-state index in [1.807, 2.05) is 0 Å². The van der Waals surface area contributed by atoms with Crippen molar-refractivity contribution in [2.24, 2.45) is 0 Å². The van der Waals surface area contributed by atoms with Crippen LogP contribution in [-0.4, -0.2) is 65.9 Å². The summed E-state index contributed by atoms with van der Waals surface area (Å²) in [5.41, 5.74) is 0. The van der Waals surface area contributed by atoms with Crippen LogP contribution in [0.2, 0.25) is 0 Å². The van der Waals surface area contributed by atoms with E-state index in [1.165, 1.54) is 0 Å². The van der Waals surface area contributed by atoms with E-state index in [0.29, 0.717) is 0 Å². The van der Waals surface area contributed by atoms with E-state index in [4.69, 9.17) is 30.8 Å². The van der Waals surface area contributed by atoms with Crippen molar-refractivity contribution in [2.45, 2.75) is 0 Å². The second-order valence-electron chi connectivity index (χ2n) is 0.679. The third-order valence-electron chi connectivity index (χ3n) is 0. The Labute approximate surface area is 87.3 Å². The van der Waals surface area contributed by atoms with E-state index < -0.39 is 21.8 Å². The van der Waals surface area contributed by atoms with Gasteiger partial charge in [-0.2, -0.15) is 12.6 Å². The van der Waals surface area contributed by atoms with E-state index >= 15 is 0 Å². The Bertz CT molecular complexity index is 155. The molecule has 0 unspecified atom stereocenters. The van der Waals surface area contributed by atoms with Gasteiger partial charge in [0.25, 0.3) is 11.4 Å². The van der Waals surface area contributed by atoms with Crippen molar-refractivity contribution < 1.29 is 36.3 Å². The molecule has 0 aliphatic heterocycles. The van der Waals surface area contributed by atoms with Gasteiger partial charge in [-0.1, -0.05) is 0 Å². The standard InChI is InChI=1S/Na.H2O4S.H2O3S.H2O.H/c;1-5(2,3)4;1-4(2)3;;/h;(H2,1,2,3,4);(H2,1,2,3);1H2;. The molecule has 0 fully saturated rings. The van der Waals surface area contributed by atoms with Crippen LogP contribution < -0.4 is 0 Å². The molecule has 0 rings (SSSR count). The van der Waals surface area contributed by atoms with E-state index in [0.717, 1.165) is 0 Å². The summed E-state index contributed by atoms with van der Waals surface area (Å²) in [5.74, 6) is 0. The van der Waals surface area contributed by atoms with Gasteiger partial charge in [-0.3, -0.25) is 18.2 Å². The van der Waals surface area contributed by atoms with Crippen molar-refractivity contribution in [3.05, 3.63) is 0 Å². The molecule has 11 heavy (non-hydrogen) atoms. The Balaban J connectivity index is -0.0000000383. The zero-order valence-corrected chi connectivity index (χ0v) is 5.96. The maximum atomic E-state index is 8.74. The number of hydrogen-bond donors (Lipinski definition) is 4. The predicted octanol–water partition coefficient (Wildman–Crippen LogP) is -2.44. The molecule has 0 aromatic heterocycles.